The molecular formula is C31H34F2N4O3. The summed E-state index contributed by atoms with van der Waals surface area (Å²) in [6.45, 7) is 5.14. The number of aromatic nitrogens is 3. The number of benzene rings is 1. The molecule has 4 aromatic rings. The standard InChI is InChI=1S/C31H34F2N4O3/c1-20(2)40-27-15-29-35-26(23-13-11-22(12-14-23)19-39-18-21-7-4-3-5-8-21)17-37(29)16-24(27)31(38)36-28-10-6-9-25(34-28)30(32)33/h3-10,15-17,20,22-23,30H,11-14,18-19H2,1-2H3,(H,34,36,38). The lowest BCUT2D eigenvalue weighted by atomic mass is 9.81. The summed E-state index contributed by atoms with van der Waals surface area (Å²) in [5, 5.41) is 2.62. The molecule has 3 aromatic heterocycles. The Morgan fingerprint density at radius 1 is 1.02 bits per heavy atom. The van der Waals surface area contributed by atoms with Gasteiger partial charge in [0.05, 0.1) is 24.0 Å². The van der Waals surface area contributed by atoms with E-state index in [0.29, 0.717) is 29.8 Å². The van der Waals surface area contributed by atoms with Crippen LogP contribution >= 0.6 is 0 Å². The summed E-state index contributed by atoms with van der Waals surface area (Å²) in [6.07, 6.45) is 4.95. The quantitative estimate of drug-likeness (QED) is 0.227. The van der Waals surface area contributed by atoms with E-state index in [0.717, 1.165) is 38.0 Å². The Hall–Kier alpha value is -3.85. The fourth-order valence-corrected chi connectivity index (χ4v) is 5.12. The minimum atomic E-state index is -2.73. The highest BCUT2D eigenvalue weighted by atomic mass is 19.3. The number of hydrogen-bond donors (Lipinski definition) is 1. The summed E-state index contributed by atoms with van der Waals surface area (Å²) >= 11 is 0. The van der Waals surface area contributed by atoms with Crippen LogP contribution in [0.3, 0.4) is 0 Å². The normalized spacial score (nSPS) is 17.4. The Labute approximate surface area is 232 Å². The minimum absolute atomic E-state index is 0.0502. The van der Waals surface area contributed by atoms with E-state index in [1.54, 1.807) is 12.3 Å². The van der Waals surface area contributed by atoms with Gasteiger partial charge in [0.15, 0.2) is 0 Å². The van der Waals surface area contributed by atoms with E-state index in [2.05, 4.69) is 22.4 Å². The lowest BCUT2D eigenvalue weighted by molar-refractivity contribution is 0.0714. The van der Waals surface area contributed by atoms with Crippen molar-refractivity contribution in [1.29, 1.82) is 0 Å². The molecule has 1 saturated carbocycles. The van der Waals surface area contributed by atoms with Crippen molar-refractivity contribution in [3.63, 3.8) is 0 Å². The lowest BCUT2D eigenvalue weighted by Gasteiger charge is -2.27. The molecule has 1 fully saturated rings. The van der Waals surface area contributed by atoms with Crippen molar-refractivity contribution in [2.45, 2.75) is 64.6 Å². The molecule has 0 spiro atoms. The second-order valence-electron chi connectivity index (χ2n) is 10.6. The number of nitrogens with zero attached hydrogens (tertiary/aromatic N) is 3. The zero-order valence-electron chi connectivity index (χ0n) is 22.7. The van der Waals surface area contributed by atoms with E-state index in [4.69, 9.17) is 14.5 Å². The minimum Gasteiger partial charge on any atom is -0.490 e. The lowest BCUT2D eigenvalue weighted by Crippen LogP contribution is -2.18. The highest BCUT2D eigenvalue weighted by molar-refractivity contribution is 6.05. The maximum absolute atomic E-state index is 13.2. The molecule has 1 aromatic carbocycles. The Morgan fingerprint density at radius 2 is 1.80 bits per heavy atom. The van der Waals surface area contributed by atoms with E-state index in [1.165, 1.54) is 23.8 Å². The van der Waals surface area contributed by atoms with Crippen molar-refractivity contribution in [3.8, 4) is 5.75 Å². The zero-order valence-corrected chi connectivity index (χ0v) is 22.7. The first kappa shape index (κ1) is 27.7. The van der Waals surface area contributed by atoms with E-state index < -0.39 is 18.0 Å². The number of carbonyl (C=O) groups excluding carboxylic acids is 1. The van der Waals surface area contributed by atoms with E-state index >= 15 is 0 Å². The molecule has 9 heteroatoms. The molecule has 0 unspecified atom stereocenters. The smallest absolute Gasteiger partial charge is 0.280 e. The highest BCUT2D eigenvalue weighted by Crippen LogP contribution is 2.36. The summed E-state index contributed by atoms with van der Waals surface area (Å²) in [5.74, 6) is 0.798. The molecule has 3 heterocycles. The van der Waals surface area contributed by atoms with Crippen LogP contribution in [0.25, 0.3) is 5.65 Å². The topological polar surface area (TPSA) is 77.8 Å². The second kappa shape index (κ2) is 12.6. The van der Waals surface area contributed by atoms with Crippen molar-refractivity contribution in [3.05, 3.63) is 89.5 Å². The van der Waals surface area contributed by atoms with Crippen molar-refractivity contribution in [2.75, 3.05) is 11.9 Å². The average molecular weight is 549 g/mol. The van der Waals surface area contributed by atoms with Crippen LogP contribution < -0.4 is 10.1 Å². The fourth-order valence-electron chi connectivity index (χ4n) is 5.12. The molecule has 0 saturated heterocycles. The first-order valence-corrected chi connectivity index (χ1v) is 13.7. The van der Waals surface area contributed by atoms with Crippen LogP contribution in [-0.2, 0) is 11.3 Å². The molecule has 40 heavy (non-hydrogen) atoms. The van der Waals surface area contributed by atoms with Gasteiger partial charge in [-0.25, -0.2) is 18.7 Å². The number of ether oxygens (including phenoxy) is 2. The van der Waals surface area contributed by atoms with Gasteiger partial charge in [0.1, 0.15) is 22.9 Å². The molecule has 1 amide bonds. The highest BCUT2D eigenvalue weighted by Gasteiger charge is 2.25. The largest absolute Gasteiger partial charge is 0.490 e. The Bertz CT molecular complexity index is 1430. The van der Waals surface area contributed by atoms with Crippen molar-refractivity contribution < 1.29 is 23.0 Å². The fraction of sp³-hybridized carbons (Fsp3) is 0.387. The summed E-state index contributed by atoms with van der Waals surface area (Å²) in [6, 6.07) is 16.1. The summed E-state index contributed by atoms with van der Waals surface area (Å²) in [5.41, 5.74) is 2.74. The molecule has 0 radical (unpaired) electrons. The molecule has 1 aliphatic carbocycles. The Morgan fingerprint density at radius 3 is 2.52 bits per heavy atom. The van der Waals surface area contributed by atoms with Crippen LogP contribution in [0.2, 0.25) is 0 Å². The zero-order chi connectivity index (χ0) is 28.1. The number of anilines is 1. The second-order valence-corrected chi connectivity index (χ2v) is 10.6. The van der Waals surface area contributed by atoms with E-state index in [1.807, 2.05) is 42.6 Å². The Kier molecular flexibility index (Phi) is 8.69. The molecule has 0 bridgehead atoms. The third-order valence-corrected chi connectivity index (χ3v) is 7.15. The molecular weight excluding hydrogens is 514 g/mol. The molecule has 1 aliphatic rings. The van der Waals surface area contributed by atoms with Crippen molar-refractivity contribution >= 4 is 17.4 Å². The van der Waals surface area contributed by atoms with Gasteiger partial charge < -0.3 is 19.2 Å². The first-order chi connectivity index (χ1) is 19.4. The van der Waals surface area contributed by atoms with Gasteiger partial charge in [-0.15, -0.1) is 0 Å². The maximum atomic E-state index is 13.2. The van der Waals surface area contributed by atoms with Crippen molar-refractivity contribution in [2.24, 2.45) is 5.92 Å². The van der Waals surface area contributed by atoms with Gasteiger partial charge in [-0.05, 0) is 63.1 Å². The van der Waals surface area contributed by atoms with Gasteiger partial charge in [0.2, 0.25) is 0 Å². The van der Waals surface area contributed by atoms with Crippen LogP contribution in [0.4, 0.5) is 14.6 Å². The molecule has 210 valence electrons. The number of carbonyl (C=O) groups is 1. The molecule has 0 atom stereocenters. The maximum Gasteiger partial charge on any atom is 0.280 e. The van der Waals surface area contributed by atoms with Crippen LogP contribution in [-0.4, -0.2) is 33.0 Å². The van der Waals surface area contributed by atoms with Crippen LogP contribution in [0, 0.1) is 5.92 Å². The summed E-state index contributed by atoms with van der Waals surface area (Å²) < 4.78 is 39.9. The predicted octanol–water partition coefficient (Wildman–Crippen LogP) is 7.20. The number of amides is 1. The molecule has 5 rings (SSSR count). The number of nitrogens with one attached hydrogen (secondary N) is 1. The van der Waals surface area contributed by atoms with Crippen molar-refractivity contribution in [1.82, 2.24) is 14.4 Å². The van der Waals surface area contributed by atoms with Gasteiger partial charge in [-0.3, -0.25) is 4.79 Å². The number of pyridine rings is 2. The van der Waals surface area contributed by atoms with Gasteiger partial charge in [-0.1, -0.05) is 36.4 Å². The first-order valence-electron chi connectivity index (χ1n) is 13.7. The van der Waals surface area contributed by atoms with Gasteiger partial charge in [0.25, 0.3) is 12.3 Å². The molecule has 0 aliphatic heterocycles. The monoisotopic (exact) mass is 548 g/mol. The van der Waals surface area contributed by atoms with E-state index in [-0.39, 0.29) is 17.5 Å². The SMILES string of the molecule is CC(C)Oc1cc2nc(C3CCC(COCc4ccccc4)CC3)cn2cc1C(=O)Nc1cccc(C(F)F)n1. The van der Waals surface area contributed by atoms with Crippen LogP contribution in [0.5, 0.6) is 5.75 Å². The Balaban J connectivity index is 1.27. The van der Waals surface area contributed by atoms with Gasteiger partial charge in [-0.2, -0.15) is 0 Å². The summed E-state index contributed by atoms with van der Waals surface area (Å²) in [4.78, 5) is 21.9. The summed E-state index contributed by atoms with van der Waals surface area (Å²) in [7, 11) is 0. The number of fused-ring (bicyclic) bond motifs is 1. The van der Waals surface area contributed by atoms with E-state index in [9.17, 15) is 13.6 Å². The van der Waals surface area contributed by atoms with Gasteiger partial charge in [0, 0.05) is 31.0 Å². The number of hydrogen-bond acceptors (Lipinski definition) is 5. The number of alkyl halides is 2. The van der Waals surface area contributed by atoms with Crippen LogP contribution in [0.1, 0.15) is 79.2 Å². The van der Waals surface area contributed by atoms with Crippen LogP contribution in [0.15, 0.2) is 67.0 Å². The number of imidazole rings is 1. The molecule has 1 N–H and O–H groups in total. The average Bonchev–Trinajstić information content (AvgIpc) is 3.36. The number of rotatable bonds is 10. The molecule has 7 nitrogen and oxygen atoms in total. The predicted molar refractivity (Wildman–Crippen MR) is 149 cm³/mol. The van der Waals surface area contributed by atoms with Gasteiger partial charge >= 0.3 is 0 Å². The third kappa shape index (κ3) is 6.83. The third-order valence-electron chi connectivity index (χ3n) is 7.15. The number of halogens is 2.